The van der Waals surface area contributed by atoms with Crippen molar-refractivity contribution in [2.24, 2.45) is 0 Å². The van der Waals surface area contributed by atoms with Gasteiger partial charge in [0.1, 0.15) is 5.82 Å². The van der Waals surface area contributed by atoms with E-state index in [2.05, 4.69) is 29.0 Å². The molecule has 0 saturated carbocycles. The lowest BCUT2D eigenvalue weighted by atomic mass is 9.90. The van der Waals surface area contributed by atoms with Gasteiger partial charge in [0.05, 0.1) is 4.90 Å². The van der Waals surface area contributed by atoms with Crippen molar-refractivity contribution in [3.8, 4) is 0 Å². The fourth-order valence-electron chi connectivity index (χ4n) is 3.96. The highest BCUT2D eigenvalue weighted by atomic mass is 32.2. The second kappa shape index (κ2) is 9.03. The van der Waals surface area contributed by atoms with Crippen molar-refractivity contribution in [2.75, 3.05) is 53.9 Å². The number of halogens is 1. The predicted molar refractivity (Wildman–Crippen MR) is 123 cm³/mol. The summed E-state index contributed by atoms with van der Waals surface area (Å²) in [4.78, 5) is 6.86. The lowest BCUT2D eigenvalue weighted by molar-refractivity contribution is 0.166. The van der Waals surface area contributed by atoms with Crippen molar-refractivity contribution in [1.29, 1.82) is 0 Å². The number of hydrogen-bond donors (Lipinski definition) is 0. The molecule has 1 fully saturated rings. The molecule has 0 bridgehead atoms. The monoisotopic (exact) mass is 461 g/mol. The van der Waals surface area contributed by atoms with E-state index in [1.54, 1.807) is 18.2 Å². The number of allylic oxidation sites excluding steroid dienone is 1. The van der Waals surface area contributed by atoms with Crippen molar-refractivity contribution < 1.29 is 12.8 Å². The predicted octanol–water partition coefficient (Wildman–Crippen LogP) is 3.48. The summed E-state index contributed by atoms with van der Waals surface area (Å²) in [5.74, 6) is -0.377. The maximum absolute atomic E-state index is 13.9. The molecule has 0 spiro atoms. The van der Waals surface area contributed by atoms with E-state index in [0.29, 0.717) is 0 Å². The van der Waals surface area contributed by atoms with Gasteiger partial charge in [-0.05, 0) is 48.5 Å². The van der Waals surface area contributed by atoms with Crippen LogP contribution in [0.25, 0.3) is 0 Å². The minimum atomic E-state index is -3.53. The highest BCUT2D eigenvalue weighted by Crippen LogP contribution is 2.47. The SMILES string of the molecule is CN1CCN(C/C=C/C2c3ccc(F)cc3Sc3ccc(S(=O)(=O)N(C)C)cc32)CC1. The molecular weight excluding hydrogens is 433 g/mol. The topological polar surface area (TPSA) is 43.9 Å². The van der Waals surface area contributed by atoms with Gasteiger partial charge < -0.3 is 4.90 Å². The molecule has 0 N–H and O–H groups in total. The van der Waals surface area contributed by atoms with Gasteiger partial charge in [-0.15, -0.1) is 0 Å². The standard InChI is InChI=1S/C23H28FN3O2S2/c1-25(2)31(28,29)18-7-9-22-21(16-18)19(20-8-6-17(24)15-23(20)30-22)5-4-10-27-13-11-26(3)12-14-27/h4-9,15-16,19H,10-14H2,1-3H3/b5-4+. The molecular formula is C23H28FN3O2S2. The zero-order valence-corrected chi connectivity index (χ0v) is 19.7. The molecule has 2 heterocycles. The Balaban J connectivity index is 1.68. The average molecular weight is 462 g/mol. The molecule has 2 aliphatic heterocycles. The summed E-state index contributed by atoms with van der Waals surface area (Å²) in [5.41, 5.74) is 1.95. The number of piperazine rings is 1. The first kappa shape index (κ1) is 22.5. The van der Waals surface area contributed by atoms with Crippen LogP contribution >= 0.6 is 11.8 Å². The Morgan fingerprint density at radius 3 is 2.52 bits per heavy atom. The largest absolute Gasteiger partial charge is 0.304 e. The normalized spacial score (nSPS) is 20.2. The van der Waals surface area contributed by atoms with Crippen molar-refractivity contribution in [1.82, 2.24) is 14.1 Å². The van der Waals surface area contributed by atoms with E-state index in [0.717, 1.165) is 53.6 Å². The average Bonchev–Trinajstić information content (AvgIpc) is 2.74. The number of benzene rings is 2. The van der Waals surface area contributed by atoms with Crippen LogP contribution in [0.1, 0.15) is 17.0 Å². The zero-order chi connectivity index (χ0) is 22.2. The zero-order valence-electron chi connectivity index (χ0n) is 18.1. The Labute approximate surface area is 188 Å². The van der Waals surface area contributed by atoms with Crippen molar-refractivity contribution in [2.45, 2.75) is 20.6 Å². The quantitative estimate of drug-likeness (QED) is 0.638. The minimum absolute atomic E-state index is 0.114. The molecule has 0 amide bonds. The van der Waals surface area contributed by atoms with Crippen LogP contribution in [0.15, 0.2) is 63.2 Å². The minimum Gasteiger partial charge on any atom is -0.304 e. The molecule has 1 atom stereocenters. The summed E-state index contributed by atoms with van der Waals surface area (Å²) in [6, 6.07) is 10.1. The van der Waals surface area contributed by atoms with Gasteiger partial charge in [-0.2, -0.15) is 0 Å². The molecule has 0 aromatic heterocycles. The first-order valence-corrected chi connectivity index (χ1v) is 12.6. The Morgan fingerprint density at radius 2 is 1.81 bits per heavy atom. The second-order valence-electron chi connectivity index (χ2n) is 8.28. The smallest absolute Gasteiger partial charge is 0.242 e. The number of fused-ring (bicyclic) bond motifs is 2. The molecule has 4 rings (SSSR count). The molecule has 5 nitrogen and oxygen atoms in total. The van der Waals surface area contributed by atoms with Gasteiger partial charge in [0.15, 0.2) is 0 Å². The summed E-state index contributed by atoms with van der Waals surface area (Å²) >= 11 is 1.49. The van der Waals surface area contributed by atoms with E-state index >= 15 is 0 Å². The van der Waals surface area contributed by atoms with Crippen LogP contribution in [0, 0.1) is 5.82 Å². The fourth-order valence-corrected chi connectivity index (χ4v) is 6.06. The summed E-state index contributed by atoms with van der Waals surface area (Å²) in [6.07, 6.45) is 4.30. The van der Waals surface area contributed by atoms with Crippen LogP contribution in [0.5, 0.6) is 0 Å². The van der Waals surface area contributed by atoms with Crippen molar-refractivity contribution >= 4 is 21.8 Å². The fraction of sp³-hybridized carbons (Fsp3) is 0.391. The van der Waals surface area contributed by atoms with E-state index in [4.69, 9.17) is 0 Å². The number of rotatable bonds is 5. The summed E-state index contributed by atoms with van der Waals surface area (Å²) in [6.45, 7) is 5.03. The van der Waals surface area contributed by atoms with Crippen molar-refractivity contribution in [3.05, 3.63) is 65.5 Å². The molecule has 8 heteroatoms. The van der Waals surface area contributed by atoms with E-state index in [1.165, 1.54) is 36.2 Å². The van der Waals surface area contributed by atoms with Gasteiger partial charge in [-0.1, -0.05) is 30.0 Å². The van der Waals surface area contributed by atoms with Gasteiger partial charge >= 0.3 is 0 Å². The van der Waals surface area contributed by atoms with E-state index in [9.17, 15) is 12.8 Å². The molecule has 0 aliphatic carbocycles. The molecule has 1 unspecified atom stereocenters. The summed E-state index contributed by atoms with van der Waals surface area (Å²) < 4.78 is 40.5. The summed E-state index contributed by atoms with van der Waals surface area (Å²) in [5, 5.41) is 0. The number of hydrogen-bond acceptors (Lipinski definition) is 5. The van der Waals surface area contributed by atoms with E-state index < -0.39 is 10.0 Å². The highest BCUT2D eigenvalue weighted by Gasteiger charge is 2.28. The highest BCUT2D eigenvalue weighted by molar-refractivity contribution is 7.99. The van der Waals surface area contributed by atoms with Crippen LogP contribution in [-0.2, 0) is 10.0 Å². The van der Waals surface area contributed by atoms with Gasteiger partial charge in [-0.25, -0.2) is 17.1 Å². The molecule has 2 aliphatic rings. The van der Waals surface area contributed by atoms with Gasteiger partial charge in [0.2, 0.25) is 10.0 Å². The summed E-state index contributed by atoms with van der Waals surface area (Å²) in [7, 11) is 1.68. The third kappa shape index (κ3) is 4.73. The van der Waals surface area contributed by atoms with Crippen molar-refractivity contribution in [3.63, 3.8) is 0 Å². The first-order chi connectivity index (χ1) is 14.8. The molecule has 31 heavy (non-hydrogen) atoms. The maximum Gasteiger partial charge on any atom is 0.242 e. The number of sulfonamides is 1. The van der Waals surface area contributed by atoms with Gasteiger partial charge in [0.25, 0.3) is 0 Å². The van der Waals surface area contributed by atoms with Crippen LogP contribution in [0.3, 0.4) is 0 Å². The molecule has 0 radical (unpaired) electrons. The number of nitrogens with zero attached hydrogens (tertiary/aromatic N) is 3. The van der Waals surface area contributed by atoms with E-state index in [-0.39, 0.29) is 16.6 Å². The molecule has 2 aromatic rings. The lowest BCUT2D eigenvalue weighted by Gasteiger charge is -2.31. The molecule has 166 valence electrons. The third-order valence-electron chi connectivity index (χ3n) is 5.91. The van der Waals surface area contributed by atoms with E-state index in [1.807, 2.05) is 12.1 Å². The maximum atomic E-state index is 13.9. The molecule has 1 saturated heterocycles. The lowest BCUT2D eigenvalue weighted by Crippen LogP contribution is -2.44. The van der Waals surface area contributed by atoms with Gasteiger partial charge in [0, 0.05) is 62.5 Å². The Hall–Kier alpha value is -1.71. The van der Waals surface area contributed by atoms with Crippen LogP contribution in [0.4, 0.5) is 4.39 Å². The number of likely N-dealkylation sites (N-methyl/N-ethyl adjacent to an activating group) is 1. The first-order valence-electron chi connectivity index (χ1n) is 10.4. The Kier molecular flexibility index (Phi) is 6.55. The van der Waals surface area contributed by atoms with Gasteiger partial charge in [-0.3, -0.25) is 4.90 Å². The van der Waals surface area contributed by atoms with Crippen LogP contribution < -0.4 is 0 Å². The Morgan fingerprint density at radius 1 is 1.06 bits per heavy atom. The van der Waals surface area contributed by atoms with Crippen LogP contribution in [-0.4, -0.2) is 76.4 Å². The molecule has 2 aromatic carbocycles. The second-order valence-corrected chi connectivity index (χ2v) is 11.5. The third-order valence-corrected chi connectivity index (χ3v) is 8.89. The van der Waals surface area contributed by atoms with Crippen LogP contribution in [0.2, 0.25) is 0 Å². The Bertz CT molecular complexity index is 1090.